The summed E-state index contributed by atoms with van der Waals surface area (Å²) in [5.41, 5.74) is 0. The second-order valence-electron chi connectivity index (χ2n) is 30.1. The number of hydrogen-bond acceptors (Lipinski definition) is 8. The zero-order valence-corrected chi connectivity index (χ0v) is 64.3. The highest BCUT2D eigenvalue weighted by atomic mass is 16.7. The van der Waals surface area contributed by atoms with E-state index in [9.17, 15) is 19.5 Å². The molecule has 0 aliphatic carbocycles. The maximum Gasteiger partial charge on any atom is 0.306 e. The van der Waals surface area contributed by atoms with Crippen molar-refractivity contribution in [3.8, 4) is 0 Å². The minimum atomic E-state index is -1.62. The topological polar surface area (TPSA) is 111 Å². The number of ether oxygens (including phenoxy) is 4. The molecule has 0 spiro atoms. The van der Waals surface area contributed by atoms with Crippen LogP contribution in [0.25, 0.3) is 0 Å². The van der Waals surface area contributed by atoms with Crippen LogP contribution in [-0.4, -0.2) is 82.3 Å². The summed E-state index contributed by atoms with van der Waals surface area (Å²) in [6.07, 6.45) is 97.2. The van der Waals surface area contributed by atoms with Crippen LogP contribution in [0.1, 0.15) is 438 Å². The molecule has 95 heavy (non-hydrogen) atoms. The minimum Gasteiger partial charge on any atom is -0.545 e. The molecule has 2 atom stereocenters. The van der Waals surface area contributed by atoms with Gasteiger partial charge in [0.15, 0.2) is 12.4 Å². The monoisotopic (exact) mass is 1340 g/mol. The average molecular weight is 1340 g/mol. The van der Waals surface area contributed by atoms with E-state index in [1.807, 2.05) is 21.1 Å². The van der Waals surface area contributed by atoms with Crippen molar-refractivity contribution in [3.63, 3.8) is 0 Å². The Labute approximate surface area is 591 Å². The van der Waals surface area contributed by atoms with Crippen molar-refractivity contribution in [1.82, 2.24) is 0 Å². The molecule has 0 radical (unpaired) electrons. The summed E-state index contributed by atoms with van der Waals surface area (Å²) < 4.78 is 22.9. The number of unbranched alkanes of at least 4 members (excludes halogenated alkanes) is 59. The van der Waals surface area contributed by atoms with Gasteiger partial charge in [-0.05, 0) is 51.4 Å². The molecule has 9 nitrogen and oxygen atoms in total. The van der Waals surface area contributed by atoms with Crippen molar-refractivity contribution < 1.29 is 42.9 Å². The number of quaternary nitrogens is 1. The second-order valence-corrected chi connectivity index (χ2v) is 30.1. The first-order chi connectivity index (χ1) is 46.6. The van der Waals surface area contributed by atoms with Crippen molar-refractivity contribution in [2.45, 2.75) is 450 Å². The highest BCUT2D eigenvalue weighted by Gasteiger charge is 2.22. The van der Waals surface area contributed by atoms with Crippen LogP contribution < -0.4 is 5.11 Å². The van der Waals surface area contributed by atoms with Gasteiger partial charge in [0.1, 0.15) is 13.2 Å². The van der Waals surface area contributed by atoms with Gasteiger partial charge in [-0.25, -0.2) is 0 Å². The largest absolute Gasteiger partial charge is 0.545 e. The molecule has 0 amide bonds. The van der Waals surface area contributed by atoms with Gasteiger partial charge in [0.05, 0.1) is 40.3 Å². The Hall–Kier alpha value is -2.49. The van der Waals surface area contributed by atoms with Gasteiger partial charge in [0.25, 0.3) is 0 Å². The van der Waals surface area contributed by atoms with Crippen molar-refractivity contribution in [2.24, 2.45) is 0 Å². The van der Waals surface area contributed by atoms with Gasteiger partial charge in [0, 0.05) is 12.8 Å². The van der Waals surface area contributed by atoms with E-state index >= 15 is 0 Å². The summed E-state index contributed by atoms with van der Waals surface area (Å²) in [6.45, 7) is 4.83. The number of carboxylic acids is 1. The van der Waals surface area contributed by atoms with Crippen LogP contribution >= 0.6 is 0 Å². The Morgan fingerprint density at radius 2 is 0.568 bits per heavy atom. The van der Waals surface area contributed by atoms with Gasteiger partial charge < -0.3 is 33.3 Å². The number of carbonyl (C=O) groups excluding carboxylic acids is 3. The van der Waals surface area contributed by atoms with Crippen LogP contribution in [0, 0.1) is 0 Å². The quantitative estimate of drug-likeness (QED) is 0.0195. The first-order valence-corrected chi connectivity index (χ1v) is 42.1. The Morgan fingerprint density at radius 1 is 0.316 bits per heavy atom. The molecule has 0 aromatic carbocycles. The molecule has 0 bridgehead atoms. The molecular weight excluding hydrogens is 1170 g/mol. The molecule has 0 rings (SSSR count). The Kier molecular flexibility index (Phi) is 75.2. The molecule has 0 heterocycles. The van der Waals surface area contributed by atoms with E-state index in [0.29, 0.717) is 17.4 Å². The predicted molar refractivity (Wildman–Crippen MR) is 408 cm³/mol. The molecule has 0 fully saturated rings. The summed E-state index contributed by atoms with van der Waals surface area (Å²) in [6, 6.07) is 0. The van der Waals surface area contributed by atoms with Gasteiger partial charge in [-0.15, -0.1) is 0 Å². The Morgan fingerprint density at radius 3 is 0.842 bits per heavy atom. The highest BCUT2D eigenvalue weighted by molar-refractivity contribution is 5.70. The van der Waals surface area contributed by atoms with E-state index in [4.69, 9.17) is 18.9 Å². The lowest BCUT2D eigenvalue weighted by Gasteiger charge is -2.26. The average Bonchev–Trinajstić information content (AvgIpc) is 3.75. The zero-order chi connectivity index (χ0) is 69.0. The summed E-state index contributed by atoms with van der Waals surface area (Å²) >= 11 is 0. The number of hydrogen-bond donors (Lipinski definition) is 0. The van der Waals surface area contributed by atoms with E-state index in [2.05, 4.69) is 50.3 Å². The molecule has 0 aliphatic rings. The predicted octanol–water partition coefficient (Wildman–Crippen LogP) is 25.7. The SMILES string of the molecule is CCCCCCC/C=C\C/C=C\C/C=C\CCCCCCCCCCCCCCCCCCCCCCCCC(=O)OC(COC(=O)CCCCCCCCCCCCCCCCCCCCCCCCCCCCCCCCCCC)COC(OCC[N+](C)(C)C)C(=O)[O-]. The third-order valence-corrected chi connectivity index (χ3v) is 19.4. The number of carbonyl (C=O) groups is 3. The van der Waals surface area contributed by atoms with E-state index in [1.165, 1.54) is 360 Å². The van der Waals surface area contributed by atoms with Gasteiger partial charge in [-0.2, -0.15) is 0 Å². The van der Waals surface area contributed by atoms with Crippen LogP contribution in [0.3, 0.4) is 0 Å². The normalized spacial score (nSPS) is 12.7. The first kappa shape index (κ1) is 92.5. The molecule has 0 aromatic rings. The van der Waals surface area contributed by atoms with Crippen LogP contribution in [0.15, 0.2) is 36.5 Å². The molecule has 560 valence electrons. The summed E-state index contributed by atoms with van der Waals surface area (Å²) in [4.78, 5) is 37.6. The second kappa shape index (κ2) is 77.3. The summed E-state index contributed by atoms with van der Waals surface area (Å²) in [5, 5.41) is 11.9. The van der Waals surface area contributed by atoms with E-state index in [0.717, 1.165) is 51.4 Å². The third kappa shape index (κ3) is 78.7. The maximum absolute atomic E-state index is 13.0. The zero-order valence-electron chi connectivity index (χ0n) is 64.3. The molecule has 0 saturated heterocycles. The van der Waals surface area contributed by atoms with Crippen LogP contribution in [-0.2, 0) is 33.3 Å². The van der Waals surface area contributed by atoms with Crippen molar-refractivity contribution >= 4 is 17.9 Å². The summed E-state index contributed by atoms with van der Waals surface area (Å²) in [7, 11) is 5.96. The molecule has 9 heteroatoms. The molecule has 0 aromatic heterocycles. The van der Waals surface area contributed by atoms with Crippen LogP contribution in [0.4, 0.5) is 0 Å². The highest BCUT2D eigenvalue weighted by Crippen LogP contribution is 2.20. The van der Waals surface area contributed by atoms with E-state index < -0.39 is 24.3 Å². The number of esters is 2. The van der Waals surface area contributed by atoms with Crippen molar-refractivity contribution in [2.75, 3.05) is 47.5 Å². The fourth-order valence-corrected chi connectivity index (χ4v) is 13.0. The van der Waals surface area contributed by atoms with E-state index in [-0.39, 0.29) is 32.2 Å². The minimum absolute atomic E-state index is 0.152. The lowest BCUT2D eigenvalue weighted by atomic mass is 10.0. The van der Waals surface area contributed by atoms with Gasteiger partial charge >= 0.3 is 11.9 Å². The molecule has 0 N–H and O–H groups in total. The number of aliphatic carboxylic acids is 1. The maximum atomic E-state index is 13.0. The molecule has 0 aliphatic heterocycles. The first-order valence-electron chi connectivity index (χ1n) is 42.1. The van der Waals surface area contributed by atoms with E-state index in [1.54, 1.807) is 0 Å². The molecular formula is C86H163NO8. The number of carboxylic acid groups (broad SMARTS) is 1. The standard InChI is InChI=1S/C86H163NO8/c1-6-8-10-12-14-16-18-20-22-24-26-28-30-32-34-36-38-40-41-42-43-45-47-49-51-53-55-57-59-61-63-65-67-69-71-73-75-77-84(89)95-82(81-94-86(85(90)91)92-79-78-87(3,4)5)80-93-83(88)76-74-72-70-68-66-64-62-60-58-56-54-52-50-48-46-44-39-37-35-33-31-29-27-25-23-21-19-17-15-13-11-9-7-2/h18,20,24,26,30,32,82,86H,6-17,19,21-23,25,27-29,31,33-81H2,1-5H3/b20-18-,26-24-,32-30-. The molecule has 0 saturated carbocycles. The number of rotatable bonds is 80. The smallest absolute Gasteiger partial charge is 0.306 e. The Balaban J connectivity index is 3.94. The number of nitrogens with zero attached hydrogens (tertiary/aromatic N) is 1. The third-order valence-electron chi connectivity index (χ3n) is 19.4. The molecule has 2 unspecified atom stereocenters. The Bertz CT molecular complexity index is 1650. The van der Waals surface area contributed by atoms with Gasteiger partial charge in [-0.1, -0.05) is 410 Å². The van der Waals surface area contributed by atoms with Gasteiger partial charge in [-0.3, -0.25) is 9.59 Å². The van der Waals surface area contributed by atoms with Gasteiger partial charge in [0.2, 0.25) is 0 Å². The summed E-state index contributed by atoms with van der Waals surface area (Å²) in [5.74, 6) is -2.24. The number of likely N-dealkylation sites (N-methyl/N-ethyl adjacent to an activating group) is 1. The van der Waals surface area contributed by atoms with Crippen LogP contribution in [0.5, 0.6) is 0 Å². The fourth-order valence-electron chi connectivity index (χ4n) is 13.0. The fraction of sp³-hybridized carbons (Fsp3) is 0.895. The lowest BCUT2D eigenvalue weighted by molar-refractivity contribution is -0.870. The van der Waals surface area contributed by atoms with Crippen LogP contribution in [0.2, 0.25) is 0 Å². The lowest BCUT2D eigenvalue weighted by Crippen LogP contribution is -2.44. The number of allylic oxidation sites excluding steroid dienone is 6. The van der Waals surface area contributed by atoms with Crippen molar-refractivity contribution in [3.05, 3.63) is 36.5 Å². The van der Waals surface area contributed by atoms with Crippen molar-refractivity contribution in [1.29, 1.82) is 0 Å².